The van der Waals surface area contributed by atoms with Crippen LogP contribution in [0, 0.1) is 0 Å². The zero-order chi connectivity index (χ0) is 29.5. The van der Waals surface area contributed by atoms with Gasteiger partial charge >= 0.3 is 0 Å². The Morgan fingerprint density at radius 1 is 0.356 bits per heavy atom. The van der Waals surface area contributed by atoms with Crippen molar-refractivity contribution in [2.24, 2.45) is 0 Å². The van der Waals surface area contributed by atoms with E-state index in [2.05, 4.69) is 132 Å². The van der Waals surface area contributed by atoms with Crippen LogP contribution in [0.1, 0.15) is 0 Å². The zero-order valence-corrected chi connectivity index (χ0v) is 24.3. The predicted octanol–water partition coefficient (Wildman–Crippen LogP) is 10.9. The number of rotatable bonds is 3. The van der Waals surface area contributed by atoms with Crippen molar-refractivity contribution in [2.45, 2.75) is 0 Å². The second-order valence-electron chi connectivity index (χ2n) is 11.7. The number of hydrogen-bond donors (Lipinski definition) is 0. The highest BCUT2D eigenvalue weighted by Gasteiger charge is 2.27. The Morgan fingerprint density at radius 3 is 1.69 bits per heavy atom. The molecule has 0 fully saturated rings. The first-order chi connectivity index (χ1) is 22.3. The molecule has 0 aliphatic heterocycles. The van der Waals surface area contributed by atoms with Gasteiger partial charge in [0.15, 0.2) is 5.82 Å². The molecule has 2 heterocycles. The van der Waals surface area contributed by atoms with Crippen molar-refractivity contribution in [2.75, 3.05) is 0 Å². The average molecular weight is 572 g/mol. The zero-order valence-electron chi connectivity index (χ0n) is 24.3. The van der Waals surface area contributed by atoms with Crippen LogP contribution < -0.4 is 0 Å². The summed E-state index contributed by atoms with van der Waals surface area (Å²) in [5, 5.41) is 5.05. The number of hydrogen-bond acceptors (Lipinski definition) is 2. The second kappa shape index (κ2) is 9.22. The van der Waals surface area contributed by atoms with Crippen LogP contribution in [0.25, 0.3) is 94.1 Å². The maximum absolute atomic E-state index is 5.35. The van der Waals surface area contributed by atoms with E-state index in [1.807, 2.05) is 24.3 Å². The highest BCUT2D eigenvalue weighted by atomic mass is 15.1. The van der Waals surface area contributed by atoms with Crippen molar-refractivity contribution >= 4 is 43.6 Å². The summed E-state index contributed by atoms with van der Waals surface area (Å²) < 4.78 is 2.35. The van der Waals surface area contributed by atoms with Gasteiger partial charge in [0, 0.05) is 21.7 Å². The maximum Gasteiger partial charge on any atom is 0.165 e. The van der Waals surface area contributed by atoms with Gasteiger partial charge in [0.25, 0.3) is 0 Å². The average Bonchev–Trinajstić information content (AvgIpc) is 3.39. The monoisotopic (exact) mass is 571 g/mol. The van der Waals surface area contributed by atoms with Crippen molar-refractivity contribution in [3.05, 3.63) is 152 Å². The molecule has 45 heavy (non-hydrogen) atoms. The van der Waals surface area contributed by atoms with Crippen LogP contribution in [0.2, 0.25) is 0 Å². The lowest BCUT2D eigenvalue weighted by Crippen LogP contribution is -2.04. The van der Waals surface area contributed by atoms with E-state index in [1.165, 1.54) is 54.9 Å². The third kappa shape index (κ3) is 3.41. The molecule has 0 bridgehead atoms. The van der Waals surface area contributed by atoms with Crippen LogP contribution in [-0.4, -0.2) is 14.5 Å². The summed E-state index contributed by atoms with van der Waals surface area (Å²) in [6, 6.07) is 54.1. The lowest BCUT2D eigenvalue weighted by Gasteiger charge is -2.17. The molecule has 2 aromatic heterocycles. The molecule has 0 radical (unpaired) electrons. The molecule has 1 aliphatic rings. The van der Waals surface area contributed by atoms with E-state index in [1.54, 1.807) is 0 Å². The van der Waals surface area contributed by atoms with Crippen LogP contribution in [-0.2, 0) is 0 Å². The molecular weight excluding hydrogens is 546 g/mol. The van der Waals surface area contributed by atoms with E-state index in [9.17, 15) is 0 Å². The number of para-hydroxylation sites is 2. The van der Waals surface area contributed by atoms with Gasteiger partial charge in [-0.2, -0.15) is 0 Å². The van der Waals surface area contributed by atoms with Gasteiger partial charge in [-0.1, -0.05) is 127 Å². The van der Waals surface area contributed by atoms with E-state index < -0.39 is 0 Å². The minimum atomic E-state index is 0.839. The summed E-state index contributed by atoms with van der Waals surface area (Å²) in [4.78, 5) is 10.6. The van der Waals surface area contributed by atoms with Crippen molar-refractivity contribution in [1.82, 2.24) is 14.5 Å². The van der Waals surface area contributed by atoms with Crippen LogP contribution in [0.3, 0.4) is 0 Å². The molecule has 9 aromatic rings. The molecule has 0 spiro atoms. The van der Waals surface area contributed by atoms with Crippen LogP contribution >= 0.6 is 0 Å². The molecule has 3 heteroatoms. The van der Waals surface area contributed by atoms with Crippen molar-refractivity contribution in [1.29, 1.82) is 0 Å². The van der Waals surface area contributed by atoms with Crippen molar-refractivity contribution in [3.8, 4) is 50.5 Å². The Morgan fingerprint density at radius 2 is 0.933 bits per heavy atom. The Bertz CT molecular complexity index is 2630. The Labute approximate surface area is 259 Å². The van der Waals surface area contributed by atoms with Gasteiger partial charge in [-0.15, -0.1) is 0 Å². The molecule has 0 saturated carbocycles. The summed E-state index contributed by atoms with van der Waals surface area (Å²) in [6.07, 6.45) is 0. The molecule has 0 saturated heterocycles. The van der Waals surface area contributed by atoms with Gasteiger partial charge in [0.1, 0.15) is 5.69 Å². The standard InChI is InChI=1S/C42H25N3/c1-3-12-26(13-4-1)28-22-23-33-30-17-8-7-16-29(30)31-18-11-21-36-39(31)40-37(25-24-32(28)38(33)40)45(36)42-41(27-14-5-2-6-15-27)43-34-19-9-10-20-35(34)44-42/h1-25H. The molecular formula is C42H25N3. The quantitative estimate of drug-likeness (QED) is 0.211. The van der Waals surface area contributed by atoms with Crippen LogP contribution in [0.5, 0.6) is 0 Å². The number of nitrogens with zero attached hydrogens (tertiary/aromatic N) is 3. The number of aromatic nitrogens is 3. The molecule has 0 N–H and O–H groups in total. The van der Waals surface area contributed by atoms with Gasteiger partial charge in [-0.05, 0) is 63.0 Å². The maximum atomic E-state index is 5.35. The minimum absolute atomic E-state index is 0.839. The highest BCUT2D eigenvalue weighted by Crippen LogP contribution is 2.51. The predicted molar refractivity (Wildman–Crippen MR) is 187 cm³/mol. The van der Waals surface area contributed by atoms with Gasteiger partial charge in [-0.3, -0.25) is 4.57 Å². The molecule has 0 amide bonds. The normalized spacial score (nSPS) is 12.0. The fourth-order valence-electron chi connectivity index (χ4n) is 7.43. The van der Waals surface area contributed by atoms with Crippen molar-refractivity contribution in [3.63, 3.8) is 0 Å². The second-order valence-corrected chi connectivity index (χ2v) is 11.7. The first-order valence-corrected chi connectivity index (χ1v) is 15.4. The van der Waals surface area contributed by atoms with Gasteiger partial charge < -0.3 is 0 Å². The van der Waals surface area contributed by atoms with Gasteiger partial charge in [0.2, 0.25) is 0 Å². The molecule has 0 unspecified atom stereocenters. The van der Waals surface area contributed by atoms with E-state index in [-0.39, 0.29) is 0 Å². The Hall–Kier alpha value is -6.06. The smallest absolute Gasteiger partial charge is 0.165 e. The topological polar surface area (TPSA) is 30.7 Å². The van der Waals surface area contributed by atoms with E-state index in [0.717, 1.165) is 39.1 Å². The summed E-state index contributed by atoms with van der Waals surface area (Å²) >= 11 is 0. The molecule has 7 aromatic carbocycles. The van der Waals surface area contributed by atoms with Crippen LogP contribution in [0.4, 0.5) is 0 Å². The molecule has 208 valence electrons. The lowest BCUT2D eigenvalue weighted by molar-refractivity contribution is 1.08. The largest absolute Gasteiger partial charge is 0.292 e. The first-order valence-electron chi connectivity index (χ1n) is 15.4. The summed E-state index contributed by atoms with van der Waals surface area (Å²) in [5.41, 5.74) is 13.4. The van der Waals surface area contributed by atoms with E-state index in [0.29, 0.717) is 0 Å². The molecule has 0 atom stereocenters. The van der Waals surface area contributed by atoms with E-state index >= 15 is 0 Å². The van der Waals surface area contributed by atoms with Gasteiger partial charge in [-0.25, -0.2) is 9.97 Å². The van der Waals surface area contributed by atoms with E-state index in [4.69, 9.17) is 9.97 Å². The van der Waals surface area contributed by atoms with Crippen LogP contribution in [0.15, 0.2) is 152 Å². The number of benzene rings is 7. The van der Waals surface area contributed by atoms with Crippen molar-refractivity contribution < 1.29 is 0 Å². The SMILES string of the molecule is c1ccc(-c2nc3ccccc3nc2-n2c3cccc4c3c3c5c(ccc(-c6ccccc6)c5ccc32)-c2ccccc2-4)cc1. The fraction of sp³-hybridized carbons (Fsp3) is 0. The Balaban J connectivity index is 1.43. The third-order valence-electron chi connectivity index (χ3n) is 9.34. The third-order valence-corrected chi connectivity index (χ3v) is 9.34. The van der Waals surface area contributed by atoms with Gasteiger partial charge in [0.05, 0.1) is 22.1 Å². The fourth-order valence-corrected chi connectivity index (χ4v) is 7.43. The molecule has 1 aliphatic carbocycles. The number of fused-ring (bicyclic) bond motifs is 4. The summed E-state index contributed by atoms with van der Waals surface area (Å²) in [7, 11) is 0. The molecule has 3 nitrogen and oxygen atoms in total. The minimum Gasteiger partial charge on any atom is -0.292 e. The Kier molecular flexibility index (Phi) is 5.00. The summed E-state index contributed by atoms with van der Waals surface area (Å²) in [5.74, 6) is 0.839. The summed E-state index contributed by atoms with van der Waals surface area (Å²) in [6.45, 7) is 0. The lowest BCUT2D eigenvalue weighted by atomic mass is 9.90. The first kappa shape index (κ1) is 24.4. The highest BCUT2D eigenvalue weighted by molar-refractivity contribution is 6.31. The molecule has 10 rings (SSSR count).